The molecule has 0 radical (unpaired) electrons. The van der Waals surface area contributed by atoms with Crippen molar-refractivity contribution < 1.29 is 19.1 Å². The predicted molar refractivity (Wildman–Crippen MR) is 129 cm³/mol. The summed E-state index contributed by atoms with van der Waals surface area (Å²) in [5.74, 6) is -0.135. The molecular weight excluding hydrogens is 416 g/mol. The highest BCUT2D eigenvalue weighted by atomic mass is 16.5. The third-order valence-corrected chi connectivity index (χ3v) is 5.92. The summed E-state index contributed by atoms with van der Waals surface area (Å²) in [6, 6.07) is 13.2. The Morgan fingerprint density at radius 2 is 1.64 bits per heavy atom. The smallest absolute Gasteiger partial charge is 0.282 e. The lowest BCUT2D eigenvalue weighted by molar-refractivity contribution is -0.121. The monoisotopic (exact) mass is 448 g/mol. The molecule has 0 N–H and O–H groups in total. The van der Waals surface area contributed by atoms with Crippen molar-refractivity contribution in [2.75, 3.05) is 18.0 Å². The van der Waals surface area contributed by atoms with Crippen molar-refractivity contribution in [3.05, 3.63) is 64.9 Å². The topological polar surface area (TPSA) is 59.1 Å². The largest absolute Gasteiger partial charge is 0.489 e. The number of anilines is 1. The average molecular weight is 449 g/mol. The minimum Gasteiger partial charge on any atom is -0.489 e. The number of morpholine rings is 1. The number of carbonyl (C=O) groups is 2. The van der Waals surface area contributed by atoms with Gasteiger partial charge in [-0.25, -0.2) is 4.90 Å². The van der Waals surface area contributed by atoms with E-state index in [0.29, 0.717) is 35.8 Å². The van der Waals surface area contributed by atoms with Gasteiger partial charge in [0.25, 0.3) is 11.8 Å². The van der Waals surface area contributed by atoms with Crippen molar-refractivity contribution in [3.63, 3.8) is 0 Å². The number of hydrogen-bond donors (Lipinski definition) is 0. The zero-order chi connectivity index (χ0) is 23.9. The Morgan fingerprint density at radius 1 is 0.970 bits per heavy atom. The van der Waals surface area contributed by atoms with E-state index in [2.05, 4.69) is 0 Å². The summed E-state index contributed by atoms with van der Waals surface area (Å²) >= 11 is 0. The van der Waals surface area contributed by atoms with Crippen LogP contribution in [0.1, 0.15) is 44.4 Å². The minimum absolute atomic E-state index is 0.0462. The highest BCUT2D eigenvalue weighted by molar-refractivity contribution is 6.45. The number of aryl methyl sites for hydroxylation is 2. The highest BCUT2D eigenvalue weighted by Gasteiger charge is 2.45. The van der Waals surface area contributed by atoms with Crippen molar-refractivity contribution in [2.45, 2.75) is 59.9 Å². The summed E-state index contributed by atoms with van der Waals surface area (Å²) in [5, 5.41) is 0. The van der Waals surface area contributed by atoms with Crippen LogP contribution in [0, 0.1) is 13.8 Å². The van der Waals surface area contributed by atoms with Crippen LogP contribution in [-0.4, -0.2) is 48.1 Å². The number of rotatable bonds is 5. The van der Waals surface area contributed by atoms with Crippen molar-refractivity contribution in [3.8, 4) is 5.75 Å². The quantitative estimate of drug-likeness (QED) is 0.631. The van der Waals surface area contributed by atoms with Gasteiger partial charge >= 0.3 is 0 Å². The minimum atomic E-state index is -0.325. The maximum Gasteiger partial charge on any atom is 0.282 e. The van der Waals surface area contributed by atoms with Gasteiger partial charge in [-0.3, -0.25) is 9.59 Å². The number of benzene rings is 2. The van der Waals surface area contributed by atoms with Gasteiger partial charge in [-0.15, -0.1) is 0 Å². The Morgan fingerprint density at radius 3 is 2.27 bits per heavy atom. The van der Waals surface area contributed by atoms with Crippen LogP contribution in [0.5, 0.6) is 5.75 Å². The van der Waals surface area contributed by atoms with E-state index >= 15 is 0 Å². The van der Waals surface area contributed by atoms with Crippen LogP contribution >= 0.6 is 0 Å². The van der Waals surface area contributed by atoms with Crippen LogP contribution in [0.2, 0.25) is 0 Å². The Hall–Kier alpha value is -3.12. The van der Waals surface area contributed by atoms with Crippen molar-refractivity contribution >= 4 is 23.1 Å². The zero-order valence-corrected chi connectivity index (χ0v) is 20.2. The summed E-state index contributed by atoms with van der Waals surface area (Å²) < 4.78 is 11.9. The molecule has 2 heterocycles. The average Bonchev–Trinajstić information content (AvgIpc) is 2.97. The van der Waals surface area contributed by atoms with Crippen LogP contribution in [0.4, 0.5) is 5.69 Å². The Balaban J connectivity index is 1.87. The molecule has 1 fully saturated rings. The number of ether oxygens (including phenoxy) is 2. The van der Waals surface area contributed by atoms with Gasteiger partial charge in [0.15, 0.2) is 0 Å². The molecule has 2 aliphatic rings. The van der Waals surface area contributed by atoms with E-state index in [9.17, 15) is 9.59 Å². The van der Waals surface area contributed by atoms with Gasteiger partial charge in [0.2, 0.25) is 0 Å². The molecule has 0 saturated carbocycles. The van der Waals surface area contributed by atoms with Gasteiger partial charge in [0, 0.05) is 13.1 Å². The van der Waals surface area contributed by atoms with Gasteiger partial charge in [-0.2, -0.15) is 0 Å². The zero-order valence-electron chi connectivity index (χ0n) is 20.2. The fourth-order valence-electron chi connectivity index (χ4n) is 4.72. The molecule has 6 nitrogen and oxygen atoms in total. The molecule has 2 aromatic carbocycles. The second-order valence-electron chi connectivity index (χ2n) is 9.28. The first kappa shape index (κ1) is 23.1. The fraction of sp³-hybridized carbons (Fsp3) is 0.407. The lowest BCUT2D eigenvalue weighted by Crippen LogP contribution is -2.47. The number of imide groups is 1. The third-order valence-electron chi connectivity index (χ3n) is 5.92. The molecule has 4 rings (SSSR count). The van der Waals surface area contributed by atoms with Gasteiger partial charge in [0.1, 0.15) is 11.4 Å². The van der Waals surface area contributed by atoms with Crippen LogP contribution < -0.4 is 9.64 Å². The predicted octanol–water partition coefficient (Wildman–Crippen LogP) is 4.48. The molecule has 2 aromatic rings. The number of carbonyl (C=O) groups excluding carboxylic acids is 2. The molecule has 0 aliphatic carbocycles. The van der Waals surface area contributed by atoms with Crippen molar-refractivity contribution in [2.24, 2.45) is 0 Å². The normalized spacial score (nSPS) is 21.4. The summed E-state index contributed by atoms with van der Waals surface area (Å²) in [4.78, 5) is 31.2. The Bertz CT molecular complexity index is 1110. The number of amides is 2. The van der Waals surface area contributed by atoms with E-state index in [0.717, 1.165) is 16.7 Å². The standard InChI is InChI=1S/C27H32N2O4/c1-16(2)32-23-10-8-7-9-22(23)29-26(30)24(21-12-11-17(3)13-18(21)4)25(27(29)31)28-14-19(5)33-20(6)15-28/h7-13,16,19-20H,14-15H2,1-6H3. The lowest BCUT2D eigenvalue weighted by atomic mass is 9.97. The molecule has 2 atom stereocenters. The van der Waals surface area contributed by atoms with Crippen molar-refractivity contribution in [1.29, 1.82) is 0 Å². The maximum atomic E-state index is 13.9. The molecule has 0 bridgehead atoms. The van der Waals surface area contributed by atoms with Gasteiger partial charge in [0.05, 0.1) is 29.6 Å². The van der Waals surface area contributed by atoms with E-state index in [1.807, 2.05) is 76.8 Å². The second-order valence-corrected chi connectivity index (χ2v) is 9.28. The number of para-hydroxylation sites is 2. The van der Waals surface area contributed by atoms with E-state index in [4.69, 9.17) is 9.47 Å². The number of nitrogens with zero attached hydrogens (tertiary/aromatic N) is 2. The first-order valence-corrected chi connectivity index (χ1v) is 11.5. The van der Waals surface area contributed by atoms with Crippen LogP contribution in [0.3, 0.4) is 0 Å². The molecule has 33 heavy (non-hydrogen) atoms. The fourth-order valence-corrected chi connectivity index (χ4v) is 4.72. The molecule has 6 heteroatoms. The van der Waals surface area contributed by atoms with E-state index < -0.39 is 0 Å². The lowest BCUT2D eigenvalue weighted by Gasteiger charge is -2.37. The summed E-state index contributed by atoms with van der Waals surface area (Å²) in [5.41, 5.74) is 4.20. The second kappa shape index (κ2) is 9.02. The highest BCUT2D eigenvalue weighted by Crippen LogP contribution is 2.40. The Labute approximate surface area is 195 Å². The van der Waals surface area contributed by atoms with Crippen molar-refractivity contribution in [1.82, 2.24) is 4.90 Å². The third kappa shape index (κ3) is 4.40. The molecule has 0 spiro atoms. The van der Waals surface area contributed by atoms with Gasteiger partial charge in [-0.1, -0.05) is 35.9 Å². The molecule has 174 valence electrons. The van der Waals surface area contributed by atoms with Gasteiger partial charge < -0.3 is 14.4 Å². The molecule has 1 saturated heterocycles. The first-order chi connectivity index (χ1) is 15.7. The van der Waals surface area contributed by atoms with Gasteiger partial charge in [-0.05, 0) is 64.8 Å². The number of hydrogen-bond acceptors (Lipinski definition) is 5. The summed E-state index contributed by atoms with van der Waals surface area (Å²) in [6.45, 7) is 12.9. The van der Waals surface area contributed by atoms with Crippen LogP contribution in [0.15, 0.2) is 48.2 Å². The Kier molecular flexibility index (Phi) is 6.30. The molecular formula is C27H32N2O4. The summed E-state index contributed by atoms with van der Waals surface area (Å²) in [7, 11) is 0. The van der Waals surface area contributed by atoms with E-state index in [1.54, 1.807) is 12.1 Å². The first-order valence-electron chi connectivity index (χ1n) is 11.5. The molecule has 2 aliphatic heterocycles. The van der Waals surface area contributed by atoms with E-state index in [1.165, 1.54) is 4.90 Å². The summed E-state index contributed by atoms with van der Waals surface area (Å²) in [6.07, 6.45) is -0.184. The van der Waals surface area contributed by atoms with E-state index in [-0.39, 0.29) is 30.1 Å². The maximum absolute atomic E-state index is 13.9. The molecule has 0 aromatic heterocycles. The van der Waals surface area contributed by atoms with Crippen LogP contribution in [0.25, 0.3) is 5.57 Å². The van der Waals surface area contributed by atoms with Crippen LogP contribution in [-0.2, 0) is 14.3 Å². The molecule has 2 amide bonds. The molecule has 2 unspecified atom stereocenters. The SMILES string of the molecule is Cc1ccc(C2=C(N3CC(C)OC(C)C3)C(=O)N(c3ccccc3OC(C)C)C2=O)c(C)c1.